The van der Waals surface area contributed by atoms with Gasteiger partial charge in [0.2, 0.25) is 5.69 Å². The van der Waals surface area contributed by atoms with Crippen LogP contribution in [0.4, 0.5) is 22.7 Å². The van der Waals surface area contributed by atoms with Crippen LogP contribution in [0.5, 0.6) is 0 Å². The summed E-state index contributed by atoms with van der Waals surface area (Å²) in [5.41, 5.74) is 4.41. The normalized spacial score (nSPS) is 13.4. The molecular weight excluding hydrogens is 318 g/mol. The molecule has 1 aliphatic heterocycles. The highest BCUT2D eigenvalue weighted by Crippen LogP contribution is 2.43. The number of anilines is 2. The molecule has 3 heteroatoms. The first-order valence-electron chi connectivity index (χ1n) is 8.79. The van der Waals surface area contributed by atoms with Gasteiger partial charge in [0.25, 0.3) is 6.67 Å². The third kappa shape index (κ3) is 2.45. The minimum atomic E-state index is 0.676. The van der Waals surface area contributed by atoms with Gasteiger partial charge in [-0.2, -0.15) is 0 Å². The zero-order valence-electron chi connectivity index (χ0n) is 14.3. The summed E-state index contributed by atoms with van der Waals surface area (Å²) in [6.07, 6.45) is 0. The summed E-state index contributed by atoms with van der Waals surface area (Å²) in [6, 6.07) is 33.6. The van der Waals surface area contributed by atoms with Gasteiger partial charge in [-0.1, -0.05) is 71.4 Å². The van der Waals surface area contributed by atoms with Gasteiger partial charge >= 0.3 is 0 Å². The van der Waals surface area contributed by atoms with Crippen molar-refractivity contribution >= 4 is 33.5 Å². The minimum Gasteiger partial charge on any atom is -0.281 e. The van der Waals surface area contributed by atoms with Crippen molar-refractivity contribution in [1.82, 2.24) is 0 Å². The molecule has 0 saturated carbocycles. The number of fused-ring (bicyclic) bond motifs is 3. The molecule has 1 aliphatic rings. The summed E-state index contributed by atoms with van der Waals surface area (Å²) < 4.78 is 2.06. The van der Waals surface area contributed by atoms with Gasteiger partial charge in [0.15, 0.2) is 5.69 Å². The fraction of sp³-hybridized carbons (Fsp3) is 0.0435. The molecule has 5 rings (SSSR count). The van der Waals surface area contributed by atoms with Crippen molar-refractivity contribution < 1.29 is 4.70 Å². The summed E-state index contributed by atoms with van der Waals surface area (Å²) >= 11 is 0. The summed E-state index contributed by atoms with van der Waals surface area (Å²) in [5.74, 6) is 0. The molecule has 0 saturated heterocycles. The highest BCUT2D eigenvalue weighted by Gasteiger charge is 2.29. The third-order valence-electron chi connectivity index (χ3n) is 4.78. The molecule has 0 bridgehead atoms. The van der Waals surface area contributed by atoms with Crippen LogP contribution < -0.4 is 4.90 Å². The van der Waals surface area contributed by atoms with Crippen LogP contribution in [0.15, 0.2) is 102 Å². The Morgan fingerprint density at radius 2 is 1.38 bits per heavy atom. The summed E-state index contributed by atoms with van der Waals surface area (Å²) in [4.78, 5) is 2.34. The maximum absolute atomic E-state index is 4.93. The summed E-state index contributed by atoms with van der Waals surface area (Å²) in [7, 11) is 0. The lowest BCUT2D eigenvalue weighted by Crippen LogP contribution is -2.28. The van der Waals surface area contributed by atoms with E-state index >= 15 is 0 Å². The van der Waals surface area contributed by atoms with E-state index in [-0.39, 0.29) is 0 Å². The molecule has 0 aromatic heterocycles. The summed E-state index contributed by atoms with van der Waals surface area (Å²) in [6.45, 7) is 0.676. The van der Waals surface area contributed by atoms with Crippen molar-refractivity contribution in [2.45, 2.75) is 0 Å². The maximum Gasteiger partial charge on any atom is 0.254 e. The Labute approximate surface area is 152 Å². The Hall–Kier alpha value is -3.46. The first kappa shape index (κ1) is 14.8. The zero-order chi connectivity index (χ0) is 17.3. The molecule has 0 unspecified atom stereocenters. The van der Waals surface area contributed by atoms with E-state index in [1.165, 1.54) is 22.1 Å². The predicted molar refractivity (Wildman–Crippen MR) is 106 cm³/mol. The zero-order valence-corrected chi connectivity index (χ0v) is 14.3. The van der Waals surface area contributed by atoms with Gasteiger partial charge in [-0.3, -0.25) is 4.90 Å². The molecule has 3 nitrogen and oxygen atoms in total. The Balaban J connectivity index is 1.77. The average Bonchev–Trinajstić information content (AvgIpc) is 2.74. The van der Waals surface area contributed by atoms with Crippen molar-refractivity contribution in [3.05, 3.63) is 97.1 Å². The first-order chi connectivity index (χ1) is 12.9. The van der Waals surface area contributed by atoms with E-state index in [0.29, 0.717) is 6.67 Å². The van der Waals surface area contributed by atoms with Crippen LogP contribution in [-0.2, 0) is 0 Å². The molecule has 0 amide bonds. The van der Waals surface area contributed by atoms with E-state index in [1.54, 1.807) is 0 Å². The highest BCUT2D eigenvalue weighted by atomic mass is 15.4. The standard InChI is InChI=1S/C23H18N3/c1-3-10-19(11-4-1)25-17-26(20-12-5-2-6-13-20)24-22-16-15-18-9-7-8-14-21(18)23(22)25/h1-16H,17H2/q+1. The van der Waals surface area contributed by atoms with Crippen LogP contribution in [-0.4, -0.2) is 11.4 Å². The number of nitrogens with zero attached hydrogens (tertiary/aromatic N) is 3. The maximum atomic E-state index is 4.93. The van der Waals surface area contributed by atoms with Crippen molar-refractivity contribution in [3.8, 4) is 0 Å². The number of hydrogen-bond donors (Lipinski definition) is 0. The molecule has 0 atom stereocenters. The fourth-order valence-corrected chi connectivity index (χ4v) is 3.53. The molecule has 0 N–H and O–H groups in total. The molecule has 26 heavy (non-hydrogen) atoms. The second-order valence-corrected chi connectivity index (χ2v) is 6.39. The Morgan fingerprint density at radius 1 is 0.692 bits per heavy atom. The molecule has 4 aromatic carbocycles. The van der Waals surface area contributed by atoms with Crippen LogP contribution in [0, 0.1) is 0 Å². The van der Waals surface area contributed by atoms with Gasteiger partial charge in [0, 0.05) is 28.3 Å². The van der Waals surface area contributed by atoms with Crippen LogP contribution in [0.2, 0.25) is 0 Å². The first-order valence-corrected chi connectivity index (χ1v) is 8.79. The van der Waals surface area contributed by atoms with Crippen LogP contribution >= 0.6 is 0 Å². The Morgan fingerprint density at radius 3 is 2.19 bits per heavy atom. The number of azo groups is 2. The fourth-order valence-electron chi connectivity index (χ4n) is 3.53. The van der Waals surface area contributed by atoms with E-state index in [2.05, 4.69) is 88.5 Å². The summed E-state index contributed by atoms with van der Waals surface area (Å²) in [5, 5.41) is 7.39. The largest absolute Gasteiger partial charge is 0.281 e. The van der Waals surface area contributed by atoms with E-state index in [9.17, 15) is 0 Å². The topological polar surface area (TPSA) is 18.6 Å². The minimum absolute atomic E-state index is 0.676. The van der Waals surface area contributed by atoms with E-state index in [0.717, 1.165) is 11.4 Å². The van der Waals surface area contributed by atoms with Crippen LogP contribution in [0.25, 0.3) is 10.8 Å². The van der Waals surface area contributed by atoms with Crippen molar-refractivity contribution in [2.24, 2.45) is 5.11 Å². The molecule has 0 radical (unpaired) electrons. The van der Waals surface area contributed by atoms with E-state index < -0.39 is 0 Å². The Bertz CT molecular complexity index is 1100. The molecule has 0 spiro atoms. The van der Waals surface area contributed by atoms with Gasteiger partial charge < -0.3 is 0 Å². The lowest BCUT2D eigenvalue weighted by molar-refractivity contribution is -0.508. The van der Waals surface area contributed by atoms with Gasteiger partial charge in [0.1, 0.15) is 0 Å². The lowest BCUT2D eigenvalue weighted by atomic mass is 10.1. The number of benzene rings is 4. The number of para-hydroxylation sites is 2. The molecule has 4 aromatic rings. The van der Waals surface area contributed by atoms with E-state index in [1.807, 2.05) is 18.2 Å². The van der Waals surface area contributed by atoms with E-state index in [4.69, 9.17) is 5.11 Å². The van der Waals surface area contributed by atoms with Crippen LogP contribution in [0.3, 0.4) is 0 Å². The van der Waals surface area contributed by atoms with Crippen molar-refractivity contribution in [1.29, 1.82) is 0 Å². The van der Waals surface area contributed by atoms with Crippen molar-refractivity contribution in [3.63, 3.8) is 0 Å². The molecular formula is C23H18N3+. The molecule has 1 heterocycles. The monoisotopic (exact) mass is 336 g/mol. The third-order valence-corrected chi connectivity index (χ3v) is 4.78. The number of hydrogen-bond acceptors (Lipinski definition) is 2. The second-order valence-electron chi connectivity index (χ2n) is 6.39. The Kier molecular flexibility index (Phi) is 3.49. The van der Waals surface area contributed by atoms with Gasteiger partial charge in [-0.15, -0.1) is 0 Å². The lowest BCUT2D eigenvalue weighted by Gasteiger charge is -2.27. The van der Waals surface area contributed by atoms with Gasteiger partial charge in [-0.25, -0.2) is 0 Å². The SMILES string of the molecule is c1ccc(N2C[N+](c3ccccc3)=Nc3ccc4ccccc4c32)cc1. The van der Waals surface area contributed by atoms with Crippen molar-refractivity contribution in [2.75, 3.05) is 11.6 Å². The van der Waals surface area contributed by atoms with Gasteiger partial charge in [0.05, 0.1) is 5.69 Å². The molecule has 0 aliphatic carbocycles. The number of rotatable bonds is 2. The predicted octanol–water partition coefficient (Wildman–Crippen LogP) is 6.38. The smallest absolute Gasteiger partial charge is 0.254 e. The van der Waals surface area contributed by atoms with Crippen LogP contribution in [0.1, 0.15) is 0 Å². The quantitative estimate of drug-likeness (QED) is 0.389. The average molecular weight is 336 g/mol. The van der Waals surface area contributed by atoms with Gasteiger partial charge in [-0.05, 0) is 23.6 Å². The molecule has 0 fully saturated rings. The molecule has 124 valence electrons. The second kappa shape index (κ2) is 6.12. The highest BCUT2D eigenvalue weighted by molar-refractivity contribution is 6.01.